The van der Waals surface area contributed by atoms with Gasteiger partial charge in [-0.05, 0) is 73.3 Å². The number of carbonyl (C=O) groups is 2. The highest BCUT2D eigenvalue weighted by Gasteiger charge is 2.26. The van der Waals surface area contributed by atoms with Crippen molar-refractivity contribution in [1.82, 2.24) is 9.38 Å². The summed E-state index contributed by atoms with van der Waals surface area (Å²) < 4.78 is 2.09. The summed E-state index contributed by atoms with van der Waals surface area (Å²) in [5, 5.41) is 0. The Labute approximate surface area is 202 Å². The topological polar surface area (TPSA) is 51.4 Å². The van der Waals surface area contributed by atoms with Gasteiger partial charge in [-0.25, -0.2) is 4.98 Å². The van der Waals surface area contributed by atoms with Crippen LogP contribution in [0.25, 0.3) is 5.65 Å². The van der Waals surface area contributed by atoms with E-state index in [9.17, 15) is 9.59 Å². The van der Waals surface area contributed by atoms with Crippen molar-refractivity contribution < 1.29 is 9.59 Å². The number of ketones is 2. The van der Waals surface area contributed by atoms with Crippen LogP contribution in [-0.4, -0.2) is 21.0 Å². The first-order valence-corrected chi connectivity index (χ1v) is 12.8. The van der Waals surface area contributed by atoms with Gasteiger partial charge in [0.2, 0.25) is 0 Å². The summed E-state index contributed by atoms with van der Waals surface area (Å²) in [6.07, 6.45) is 26.7. The Balaban J connectivity index is 1.18. The van der Waals surface area contributed by atoms with Crippen LogP contribution in [0.1, 0.15) is 69.5 Å². The third-order valence-corrected chi connectivity index (χ3v) is 7.79. The largest absolute Gasteiger partial charge is 0.307 e. The van der Waals surface area contributed by atoms with Crippen molar-refractivity contribution in [1.29, 1.82) is 0 Å². The van der Waals surface area contributed by atoms with Gasteiger partial charge in [0.25, 0.3) is 0 Å². The molecule has 0 amide bonds. The Bertz CT molecular complexity index is 1220. The number of nitrogens with zero attached hydrogens (tertiary/aromatic N) is 2. The zero-order chi connectivity index (χ0) is 23.5. The number of pyridine rings is 1. The minimum atomic E-state index is -0.236. The van der Waals surface area contributed by atoms with E-state index in [1.165, 1.54) is 56.6 Å². The Morgan fingerprint density at radius 3 is 2.79 bits per heavy atom. The van der Waals surface area contributed by atoms with E-state index >= 15 is 0 Å². The fourth-order valence-corrected chi connectivity index (χ4v) is 5.70. The Morgan fingerprint density at radius 1 is 1.09 bits per heavy atom. The number of rotatable bonds is 8. The smallest absolute Gasteiger partial charge is 0.167 e. The van der Waals surface area contributed by atoms with Crippen LogP contribution in [0.3, 0.4) is 0 Å². The number of aromatic nitrogens is 2. The molecule has 5 rings (SSSR count). The fourth-order valence-electron chi connectivity index (χ4n) is 5.70. The maximum Gasteiger partial charge on any atom is 0.167 e. The number of aryl methyl sites for hydroxylation is 2. The molecule has 0 spiro atoms. The van der Waals surface area contributed by atoms with Crippen LogP contribution in [0.4, 0.5) is 0 Å². The van der Waals surface area contributed by atoms with E-state index in [0.29, 0.717) is 23.8 Å². The number of hydrogen-bond donors (Lipinski definition) is 0. The quantitative estimate of drug-likeness (QED) is 0.470. The molecule has 3 aliphatic rings. The second-order valence-corrected chi connectivity index (χ2v) is 10.6. The Hall–Kier alpha value is -3.01. The van der Waals surface area contributed by atoms with Gasteiger partial charge < -0.3 is 4.40 Å². The van der Waals surface area contributed by atoms with Crippen molar-refractivity contribution >= 4 is 17.2 Å². The fraction of sp³-hybridized carbons (Fsp3) is 0.433. The van der Waals surface area contributed by atoms with E-state index in [1.807, 2.05) is 36.6 Å². The first-order chi connectivity index (χ1) is 16.5. The summed E-state index contributed by atoms with van der Waals surface area (Å²) in [4.78, 5) is 29.9. The molecule has 1 unspecified atom stereocenters. The number of allylic oxidation sites excluding steroid dienone is 8. The Kier molecular flexibility index (Phi) is 6.49. The maximum atomic E-state index is 12.8. The third kappa shape index (κ3) is 5.06. The summed E-state index contributed by atoms with van der Waals surface area (Å²) >= 11 is 0. The molecular weight excluding hydrogens is 420 g/mol. The number of hydrogen-bond acceptors (Lipinski definition) is 3. The number of Topliss-reactive ketones (excluding diaryl/α,β-unsaturated/α-hetero) is 1. The molecule has 2 aromatic rings. The van der Waals surface area contributed by atoms with Gasteiger partial charge in [-0.2, -0.15) is 0 Å². The summed E-state index contributed by atoms with van der Waals surface area (Å²) in [6.45, 7) is 2.47. The van der Waals surface area contributed by atoms with E-state index in [4.69, 9.17) is 4.98 Å². The average molecular weight is 455 g/mol. The van der Waals surface area contributed by atoms with Crippen molar-refractivity contribution in [3.05, 3.63) is 83.4 Å². The van der Waals surface area contributed by atoms with Gasteiger partial charge in [-0.1, -0.05) is 56.6 Å². The lowest BCUT2D eigenvalue weighted by Gasteiger charge is -2.33. The molecule has 0 aliphatic heterocycles. The zero-order valence-corrected chi connectivity index (χ0v) is 20.1. The van der Waals surface area contributed by atoms with Gasteiger partial charge in [0.05, 0.1) is 11.6 Å². The molecule has 2 aromatic heterocycles. The zero-order valence-electron chi connectivity index (χ0n) is 20.1. The molecule has 1 saturated carbocycles. The first-order valence-electron chi connectivity index (χ1n) is 12.8. The predicted octanol–water partition coefficient (Wildman–Crippen LogP) is 6.31. The molecule has 3 aliphatic carbocycles. The van der Waals surface area contributed by atoms with E-state index in [0.717, 1.165) is 23.3 Å². The van der Waals surface area contributed by atoms with Crippen molar-refractivity contribution in [2.45, 2.75) is 71.1 Å². The second kappa shape index (κ2) is 9.69. The van der Waals surface area contributed by atoms with Crippen molar-refractivity contribution in [3.8, 4) is 0 Å². The van der Waals surface area contributed by atoms with E-state index in [-0.39, 0.29) is 17.5 Å². The highest BCUT2D eigenvalue weighted by atomic mass is 16.1. The SMILES string of the molecule is CC1(CCCc2ccc3nc(CCC(=O)C4=CC(=O)C5C=CC=CC5=C4)cn3c2)CCCCC1. The van der Waals surface area contributed by atoms with Gasteiger partial charge in [-0.15, -0.1) is 0 Å². The molecular formula is C30H34N2O2. The normalized spacial score (nSPS) is 21.3. The molecule has 1 atom stereocenters. The summed E-state index contributed by atoms with van der Waals surface area (Å²) in [6, 6.07) is 4.27. The van der Waals surface area contributed by atoms with Crippen LogP contribution in [-0.2, 0) is 22.4 Å². The van der Waals surface area contributed by atoms with Gasteiger partial charge in [-0.3, -0.25) is 9.59 Å². The molecule has 0 N–H and O–H groups in total. The molecule has 34 heavy (non-hydrogen) atoms. The summed E-state index contributed by atoms with van der Waals surface area (Å²) in [7, 11) is 0. The first kappa shape index (κ1) is 22.8. The highest BCUT2D eigenvalue weighted by molar-refractivity contribution is 6.09. The molecule has 1 fully saturated rings. The maximum absolute atomic E-state index is 12.8. The Morgan fingerprint density at radius 2 is 1.94 bits per heavy atom. The van der Waals surface area contributed by atoms with Crippen molar-refractivity contribution in [2.24, 2.45) is 11.3 Å². The lowest BCUT2D eigenvalue weighted by molar-refractivity contribution is -0.118. The van der Waals surface area contributed by atoms with Gasteiger partial charge >= 0.3 is 0 Å². The molecule has 0 radical (unpaired) electrons. The van der Waals surface area contributed by atoms with Gasteiger partial charge in [0, 0.05) is 24.4 Å². The molecule has 4 nitrogen and oxygen atoms in total. The molecule has 176 valence electrons. The molecule has 2 heterocycles. The van der Waals surface area contributed by atoms with Gasteiger partial charge in [0.1, 0.15) is 5.65 Å². The van der Waals surface area contributed by atoms with E-state index in [1.54, 1.807) is 0 Å². The molecule has 0 saturated heterocycles. The standard InChI is InChI=1S/C30H34N2O2/c1-30(15-5-2-6-16-30)17-7-8-22-11-14-29-31-25(21-32(29)20-22)12-13-27(33)24-18-23-9-3-4-10-26(23)28(34)19-24/h3-4,9-11,14,18-21,26H,2,5-8,12-13,15-17H2,1H3. The van der Waals surface area contributed by atoms with E-state index < -0.39 is 0 Å². The van der Waals surface area contributed by atoms with Crippen molar-refractivity contribution in [3.63, 3.8) is 0 Å². The van der Waals surface area contributed by atoms with Crippen LogP contribution in [0.2, 0.25) is 0 Å². The lowest BCUT2D eigenvalue weighted by atomic mass is 9.72. The predicted molar refractivity (Wildman–Crippen MR) is 136 cm³/mol. The minimum absolute atomic E-state index is 0.00351. The number of fused-ring (bicyclic) bond motifs is 2. The van der Waals surface area contributed by atoms with E-state index in [2.05, 4.69) is 29.7 Å². The van der Waals surface area contributed by atoms with Crippen LogP contribution in [0.15, 0.2) is 72.1 Å². The molecule has 0 bridgehead atoms. The summed E-state index contributed by atoms with van der Waals surface area (Å²) in [5.74, 6) is -0.255. The van der Waals surface area contributed by atoms with Crippen LogP contribution < -0.4 is 0 Å². The van der Waals surface area contributed by atoms with Crippen LogP contribution in [0, 0.1) is 11.3 Å². The second-order valence-electron chi connectivity index (χ2n) is 10.6. The van der Waals surface area contributed by atoms with Crippen molar-refractivity contribution in [2.75, 3.05) is 0 Å². The average Bonchev–Trinajstić information content (AvgIpc) is 3.25. The minimum Gasteiger partial charge on any atom is -0.307 e. The van der Waals surface area contributed by atoms with Crippen LogP contribution in [0.5, 0.6) is 0 Å². The molecule has 0 aromatic carbocycles. The van der Waals surface area contributed by atoms with Gasteiger partial charge in [0.15, 0.2) is 11.6 Å². The number of carbonyl (C=O) groups excluding carboxylic acids is 2. The number of imidazole rings is 1. The summed E-state index contributed by atoms with van der Waals surface area (Å²) in [5.41, 5.74) is 5.12. The van der Waals surface area contributed by atoms with Crippen LogP contribution >= 0.6 is 0 Å². The monoisotopic (exact) mass is 454 g/mol. The highest BCUT2D eigenvalue weighted by Crippen LogP contribution is 2.39. The molecule has 4 heteroatoms. The lowest BCUT2D eigenvalue weighted by Crippen LogP contribution is -2.20. The third-order valence-electron chi connectivity index (χ3n) is 7.79.